The Kier molecular flexibility index (Phi) is 3.23. The molecule has 1 fully saturated rings. The molecule has 8 heteroatoms. The molecule has 1 aromatic rings. The normalized spacial score (nSPS) is 33.8. The molecule has 1 saturated heterocycles. The van der Waals surface area contributed by atoms with E-state index in [0.717, 1.165) is 0 Å². The van der Waals surface area contributed by atoms with Gasteiger partial charge >= 0.3 is 0 Å². The van der Waals surface area contributed by atoms with Crippen LogP contribution >= 0.6 is 0 Å². The van der Waals surface area contributed by atoms with Gasteiger partial charge in [-0.2, -0.15) is 0 Å². The second-order valence-electron chi connectivity index (χ2n) is 4.65. The summed E-state index contributed by atoms with van der Waals surface area (Å²) in [4.78, 5) is 8.15. The van der Waals surface area contributed by atoms with Crippen molar-refractivity contribution in [1.29, 1.82) is 0 Å². The number of nitrogens with zero attached hydrogens (tertiary/aromatic N) is 3. The van der Waals surface area contributed by atoms with E-state index in [1.54, 1.807) is 10.9 Å². The number of aliphatic hydroxyl groups is 3. The van der Waals surface area contributed by atoms with Gasteiger partial charge in [0.05, 0.1) is 31.9 Å². The Morgan fingerprint density at radius 3 is 3.05 bits per heavy atom. The molecule has 104 valence electrons. The van der Waals surface area contributed by atoms with E-state index in [4.69, 9.17) is 9.84 Å². The molecule has 0 bridgehead atoms. The summed E-state index contributed by atoms with van der Waals surface area (Å²) < 4.78 is 7.27. The van der Waals surface area contributed by atoms with Crippen LogP contribution in [0.2, 0.25) is 0 Å². The number of hydrogen-bond donors (Lipinski definition) is 4. The third-order valence-electron chi connectivity index (χ3n) is 3.40. The second-order valence-corrected chi connectivity index (χ2v) is 4.65. The number of hydrogen-bond acceptors (Lipinski definition) is 7. The fourth-order valence-corrected chi connectivity index (χ4v) is 2.38. The first-order valence-corrected chi connectivity index (χ1v) is 6.14. The predicted octanol–water partition coefficient (Wildman–Crippen LogP) is -0.989. The summed E-state index contributed by atoms with van der Waals surface area (Å²) in [5, 5.41) is 31.7. The standard InChI is InChI=1S/C11H16N4O4/c16-3-8-6(17)1-9(19-8)15-5-14-10-7(18)2-12-4-13-11(10)15/h4-9,16-18H,1-3H2,(H,12,13)/t6-,7+,8+,9-/m0/s1. The maximum atomic E-state index is 9.89. The Morgan fingerprint density at radius 1 is 1.47 bits per heavy atom. The van der Waals surface area contributed by atoms with Gasteiger partial charge in [-0.05, 0) is 0 Å². The quantitative estimate of drug-likeness (QED) is 0.548. The minimum absolute atomic E-state index is 0.230. The lowest BCUT2D eigenvalue weighted by Crippen LogP contribution is -2.24. The van der Waals surface area contributed by atoms with Gasteiger partial charge in [0.25, 0.3) is 0 Å². The SMILES string of the molecule is OC[C@H]1O[C@H](n2cnc3c2NC=NC[C@H]3O)C[C@@H]1O. The van der Waals surface area contributed by atoms with Gasteiger partial charge in [-0.3, -0.25) is 9.56 Å². The number of ether oxygens (including phenoxy) is 1. The van der Waals surface area contributed by atoms with Crippen LogP contribution in [-0.2, 0) is 4.74 Å². The van der Waals surface area contributed by atoms with Crippen molar-refractivity contribution in [2.24, 2.45) is 4.99 Å². The van der Waals surface area contributed by atoms with E-state index in [1.165, 1.54) is 6.34 Å². The molecule has 1 aromatic heterocycles. The number of aliphatic hydroxyl groups excluding tert-OH is 3. The first kappa shape index (κ1) is 12.5. The highest BCUT2D eigenvalue weighted by Gasteiger charge is 2.36. The van der Waals surface area contributed by atoms with Crippen LogP contribution in [-0.4, -0.2) is 56.6 Å². The molecule has 4 N–H and O–H groups in total. The molecule has 4 atom stereocenters. The van der Waals surface area contributed by atoms with Crippen LogP contribution in [0.15, 0.2) is 11.3 Å². The van der Waals surface area contributed by atoms with E-state index in [0.29, 0.717) is 17.9 Å². The number of fused-ring (bicyclic) bond motifs is 1. The lowest BCUT2D eigenvalue weighted by atomic mass is 10.2. The van der Waals surface area contributed by atoms with Crippen LogP contribution in [0.25, 0.3) is 0 Å². The van der Waals surface area contributed by atoms with Crippen LogP contribution in [0, 0.1) is 0 Å². The Balaban J connectivity index is 1.89. The van der Waals surface area contributed by atoms with Crippen molar-refractivity contribution in [3.8, 4) is 0 Å². The lowest BCUT2D eigenvalue weighted by Gasteiger charge is -2.16. The van der Waals surface area contributed by atoms with Crippen molar-refractivity contribution in [3.63, 3.8) is 0 Å². The van der Waals surface area contributed by atoms with E-state index >= 15 is 0 Å². The second kappa shape index (κ2) is 4.89. The molecule has 0 saturated carbocycles. The molecule has 0 radical (unpaired) electrons. The summed E-state index contributed by atoms with van der Waals surface area (Å²) in [6.45, 7) is 0.0243. The minimum Gasteiger partial charge on any atom is -0.394 e. The number of aliphatic imine (C=N–C) groups is 1. The first-order chi connectivity index (χ1) is 9.20. The summed E-state index contributed by atoms with van der Waals surface area (Å²) in [6, 6.07) is 0. The summed E-state index contributed by atoms with van der Waals surface area (Å²) in [7, 11) is 0. The zero-order valence-electron chi connectivity index (χ0n) is 10.2. The molecular formula is C11H16N4O4. The molecule has 8 nitrogen and oxygen atoms in total. The summed E-state index contributed by atoms with van der Waals surface area (Å²) in [6.07, 6.45) is 0.935. The lowest BCUT2D eigenvalue weighted by molar-refractivity contribution is -0.0437. The molecule has 0 aromatic carbocycles. The molecule has 3 heterocycles. The van der Waals surface area contributed by atoms with Gasteiger partial charge in [0.15, 0.2) is 0 Å². The van der Waals surface area contributed by atoms with E-state index in [-0.39, 0.29) is 13.2 Å². The zero-order valence-corrected chi connectivity index (χ0v) is 10.2. The molecule has 2 aliphatic rings. The van der Waals surface area contributed by atoms with Gasteiger partial charge in [0.1, 0.15) is 29.9 Å². The molecule has 2 aliphatic heterocycles. The molecule has 0 amide bonds. The number of imidazole rings is 1. The van der Waals surface area contributed by atoms with Crippen LogP contribution in [0.1, 0.15) is 24.4 Å². The van der Waals surface area contributed by atoms with Crippen LogP contribution in [0.3, 0.4) is 0 Å². The topological polar surface area (TPSA) is 112 Å². The fourth-order valence-electron chi connectivity index (χ4n) is 2.38. The highest BCUT2D eigenvalue weighted by molar-refractivity contribution is 5.76. The largest absolute Gasteiger partial charge is 0.394 e. The van der Waals surface area contributed by atoms with Crippen molar-refractivity contribution in [2.75, 3.05) is 18.5 Å². The van der Waals surface area contributed by atoms with Crippen LogP contribution in [0.4, 0.5) is 5.82 Å². The highest BCUT2D eigenvalue weighted by atomic mass is 16.5. The Hall–Kier alpha value is -1.48. The van der Waals surface area contributed by atoms with Crippen molar-refractivity contribution in [1.82, 2.24) is 9.55 Å². The van der Waals surface area contributed by atoms with Gasteiger partial charge in [-0.25, -0.2) is 4.98 Å². The smallest absolute Gasteiger partial charge is 0.139 e. The maximum absolute atomic E-state index is 9.89. The Morgan fingerprint density at radius 2 is 2.32 bits per heavy atom. The van der Waals surface area contributed by atoms with E-state index in [1.807, 2.05) is 0 Å². The summed E-state index contributed by atoms with van der Waals surface area (Å²) in [5.41, 5.74) is 0.503. The third-order valence-corrected chi connectivity index (χ3v) is 3.40. The minimum atomic E-state index is -0.762. The van der Waals surface area contributed by atoms with E-state index in [9.17, 15) is 10.2 Å². The van der Waals surface area contributed by atoms with Gasteiger partial charge < -0.3 is 25.4 Å². The van der Waals surface area contributed by atoms with Crippen LogP contribution in [0.5, 0.6) is 0 Å². The molecule has 0 unspecified atom stereocenters. The Labute approximate surface area is 109 Å². The zero-order chi connectivity index (χ0) is 13.4. The first-order valence-electron chi connectivity index (χ1n) is 6.14. The number of rotatable bonds is 2. The highest BCUT2D eigenvalue weighted by Crippen LogP contribution is 2.34. The molecule has 0 aliphatic carbocycles. The van der Waals surface area contributed by atoms with E-state index in [2.05, 4.69) is 15.3 Å². The van der Waals surface area contributed by atoms with Crippen molar-refractivity contribution < 1.29 is 20.1 Å². The summed E-state index contributed by atoms with van der Waals surface area (Å²) in [5.74, 6) is 0.601. The van der Waals surface area contributed by atoms with Crippen LogP contribution < -0.4 is 5.32 Å². The number of aromatic nitrogens is 2. The predicted molar refractivity (Wildman–Crippen MR) is 65.8 cm³/mol. The monoisotopic (exact) mass is 268 g/mol. The number of nitrogens with one attached hydrogen (secondary N) is 1. The third kappa shape index (κ3) is 2.12. The van der Waals surface area contributed by atoms with Gasteiger partial charge in [0, 0.05) is 6.42 Å². The maximum Gasteiger partial charge on any atom is 0.139 e. The molecular weight excluding hydrogens is 252 g/mol. The van der Waals surface area contributed by atoms with Crippen molar-refractivity contribution in [3.05, 3.63) is 12.0 Å². The van der Waals surface area contributed by atoms with Gasteiger partial charge in [-0.15, -0.1) is 0 Å². The molecule has 3 rings (SSSR count). The average molecular weight is 268 g/mol. The van der Waals surface area contributed by atoms with Crippen molar-refractivity contribution >= 4 is 12.2 Å². The van der Waals surface area contributed by atoms with E-state index < -0.39 is 24.5 Å². The average Bonchev–Trinajstić information content (AvgIpc) is 2.93. The van der Waals surface area contributed by atoms with Gasteiger partial charge in [-0.1, -0.05) is 0 Å². The fraction of sp³-hybridized carbons (Fsp3) is 0.636. The number of anilines is 1. The summed E-state index contributed by atoms with van der Waals surface area (Å²) >= 11 is 0. The van der Waals surface area contributed by atoms with Gasteiger partial charge in [0.2, 0.25) is 0 Å². The molecule has 0 spiro atoms. The molecule has 19 heavy (non-hydrogen) atoms. The van der Waals surface area contributed by atoms with Crippen molar-refractivity contribution in [2.45, 2.75) is 31.0 Å². The Bertz CT molecular complexity index is 489.